The fourth-order valence-corrected chi connectivity index (χ4v) is 6.27. The topological polar surface area (TPSA) is 105 Å². The Morgan fingerprint density at radius 2 is 0.804 bits per heavy atom. The molecule has 0 spiro atoms. The van der Waals surface area contributed by atoms with Gasteiger partial charge in [0.1, 0.15) is 12.1 Å². The molecule has 14 heteroatoms. The molecular weight excluding hydrogens is 891 g/mol. The van der Waals surface area contributed by atoms with Gasteiger partial charge < -0.3 is 10.2 Å². The van der Waals surface area contributed by atoms with E-state index in [2.05, 4.69) is 0 Å². The summed E-state index contributed by atoms with van der Waals surface area (Å²) >= 11 is -11.2. The van der Waals surface area contributed by atoms with Gasteiger partial charge in [-0.3, -0.25) is 19.6 Å². The van der Waals surface area contributed by atoms with E-state index in [1.54, 1.807) is 0 Å². The molecular formula is C42H42CoF6N2O4Sb. The summed E-state index contributed by atoms with van der Waals surface area (Å²) < 4.78 is 59.6. The van der Waals surface area contributed by atoms with Gasteiger partial charge in [-0.2, -0.15) is 0 Å². The number of Topliss-reactive ketones (excluding diaryl/α,β-unsaturated/α-hetero) is 2. The molecule has 0 N–H and O–H groups in total. The van der Waals surface area contributed by atoms with Gasteiger partial charge in [-0.05, 0) is 99.9 Å². The number of benzene rings is 4. The molecule has 2 atom stereocenters. The monoisotopic (exact) mass is 932 g/mol. The van der Waals surface area contributed by atoms with Gasteiger partial charge in [-0.25, -0.2) is 0 Å². The van der Waals surface area contributed by atoms with Crippen molar-refractivity contribution in [2.75, 3.05) is 0 Å². The Hall–Kier alpha value is -4.46. The van der Waals surface area contributed by atoms with Crippen LogP contribution in [0, 0.1) is 41.5 Å². The van der Waals surface area contributed by atoms with Gasteiger partial charge in [0, 0.05) is 23.6 Å². The normalized spacial score (nSPS) is 15.0. The number of aryl methyl sites for hydroxylation is 6. The van der Waals surface area contributed by atoms with Crippen LogP contribution in [-0.4, -0.2) is 43.5 Å². The van der Waals surface area contributed by atoms with Crippen molar-refractivity contribution in [1.29, 1.82) is 0 Å². The van der Waals surface area contributed by atoms with Crippen LogP contribution in [0.3, 0.4) is 0 Å². The second kappa shape index (κ2) is 18.2. The Balaban J connectivity index is 0.00000123. The van der Waals surface area contributed by atoms with Crippen molar-refractivity contribution in [3.05, 3.63) is 152 Å². The number of carbonyl (C=O) groups is 2. The molecule has 0 aliphatic heterocycles. The Morgan fingerprint density at radius 1 is 0.554 bits per heavy atom. The minimum atomic E-state index is -11.2. The summed E-state index contributed by atoms with van der Waals surface area (Å²) in [5, 5.41) is 27.7. The van der Waals surface area contributed by atoms with Crippen LogP contribution in [-0.2, 0) is 26.4 Å². The third kappa shape index (κ3) is 14.6. The number of halogens is 6. The Kier molecular flexibility index (Phi) is 15.5. The molecule has 0 aliphatic carbocycles. The zero-order valence-corrected chi connectivity index (χ0v) is 35.6. The van der Waals surface area contributed by atoms with Crippen molar-refractivity contribution in [2.45, 2.75) is 67.5 Å². The molecule has 0 radical (unpaired) electrons. The first kappa shape index (κ1) is 47.7. The number of hydrogen-bond acceptors (Lipinski definition) is 6. The number of allylic oxidation sites excluding steroid dienone is 2. The van der Waals surface area contributed by atoms with Gasteiger partial charge >= 0.3 is 53.1 Å². The van der Waals surface area contributed by atoms with Crippen LogP contribution < -0.4 is 10.2 Å². The van der Waals surface area contributed by atoms with E-state index in [1.807, 2.05) is 126 Å². The maximum atomic E-state index is 13.8. The molecule has 6 nitrogen and oxygen atoms in total. The second-order valence-electron chi connectivity index (χ2n) is 13.4. The van der Waals surface area contributed by atoms with Crippen LogP contribution in [0.5, 0.6) is 0 Å². The number of carbonyl (C=O) groups excluding carboxylic acids is 2. The van der Waals surface area contributed by atoms with Crippen molar-refractivity contribution >= 4 is 55.0 Å². The summed E-state index contributed by atoms with van der Waals surface area (Å²) in [6.45, 7) is 14.1. The maximum absolute atomic E-state index is 13.8. The molecule has 0 aliphatic rings. The Morgan fingerprint density at radius 3 is 1.04 bits per heavy atom. The van der Waals surface area contributed by atoms with Crippen molar-refractivity contribution in [3.8, 4) is 0 Å². The molecule has 4 aromatic carbocycles. The molecule has 4 aromatic rings. The number of nitrogens with zero attached hydrogens (tertiary/aromatic N) is 2. The quantitative estimate of drug-likeness (QED) is 0.0492. The second-order valence-corrected chi connectivity index (χ2v) is 18.8. The van der Waals surface area contributed by atoms with E-state index in [9.17, 15) is 36.7 Å². The summed E-state index contributed by atoms with van der Waals surface area (Å²) in [6, 6.07) is 25.2. The van der Waals surface area contributed by atoms with E-state index in [0.29, 0.717) is 11.1 Å². The zero-order valence-electron chi connectivity index (χ0n) is 32.0. The molecule has 0 heterocycles. The van der Waals surface area contributed by atoms with Gasteiger partial charge in [-0.1, -0.05) is 108 Å². The first-order valence-corrected chi connectivity index (χ1v) is 22.8. The predicted octanol–water partition coefficient (Wildman–Crippen LogP) is 9.32. The van der Waals surface area contributed by atoms with Gasteiger partial charge in [-0.15, -0.1) is 0 Å². The Labute approximate surface area is 335 Å². The average molecular weight is 933 g/mol. The SMILES string of the molecule is CC(=O)/C(C=N[C@H](c1ccccc1)[C@H](N=C/C(C(C)=O)=C(/[O-])c1c(C)cc(C)cc1C)c1ccccc1)=C(\[O-])c1c(C)cc(C)cc1C.[Co+3].[F][Sb-]([F])([F])([F])([F])[F]. The molecule has 300 valence electrons. The standard InChI is InChI=1S/C42H44N2O4.Co.6FH.Sb/c1-25-19-27(3)37(28(4)20-25)41(47)35(31(7)45)23-43-39(33-15-11-9-12-16-33)40(34-17-13-10-14-18-34)44-24-36(32(8)46)42(48)38-29(5)21-26(2)22-30(38)6;;;;;;;;/h9-24,39-40,47-48H,1-8H3;;6*1H;/q;+3;;;;;;;+5/p-8/b41-35-,42-36-,43-23?,44-24?;;;;;;;;/t39-,40-;;;;;;;;/m1......../s1. The third-order valence-electron chi connectivity index (χ3n) is 8.37. The molecule has 0 saturated carbocycles. The fourth-order valence-electron chi connectivity index (χ4n) is 6.27. The first-order valence-electron chi connectivity index (χ1n) is 17.0. The number of aliphatic imine (C=N–C) groups is 2. The fraction of sp³-hybridized carbons (Fsp3) is 0.238. The molecule has 0 bridgehead atoms. The van der Waals surface area contributed by atoms with E-state index < -0.39 is 54.6 Å². The van der Waals surface area contributed by atoms with Crippen LogP contribution in [0.2, 0.25) is 0 Å². The summed E-state index contributed by atoms with van der Waals surface area (Å²) in [5.41, 5.74) is 7.62. The Bertz CT molecular complexity index is 2000. The molecule has 0 unspecified atom stereocenters. The van der Waals surface area contributed by atoms with Crippen LogP contribution in [0.25, 0.3) is 11.5 Å². The van der Waals surface area contributed by atoms with E-state index in [-0.39, 0.29) is 27.9 Å². The summed E-state index contributed by atoms with van der Waals surface area (Å²) in [5.74, 6) is -1.60. The van der Waals surface area contributed by atoms with E-state index in [0.717, 1.165) is 44.5 Å². The number of ketones is 2. The van der Waals surface area contributed by atoms with Crippen molar-refractivity contribution in [1.82, 2.24) is 0 Å². The van der Waals surface area contributed by atoms with E-state index >= 15 is 0 Å². The molecule has 56 heavy (non-hydrogen) atoms. The van der Waals surface area contributed by atoms with Crippen LogP contribution >= 0.6 is 0 Å². The third-order valence-corrected chi connectivity index (χ3v) is 8.37. The van der Waals surface area contributed by atoms with Crippen molar-refractivity contribution in [2.24, 2.45) is 9.98 Å². The molecule has 4 rings (SSSR count). The average Bonchev–Trinajstić information content (AvgIpc) is 3.03. The molecule has 0 aromatic heterocycles. The van der Waals surface area contributed by atoms with Crippen LogP contribution in [0.4, 0.5) is 16.9 Å². The van der Waals surface area contributed by atoms with E-state index in [1.165, 1.54) is 26.3 Å². The molecule has 0 amide bonds. The van der Waals surface area contributed by atoms with Gasteiger partial charge in [0.15, 0.2) is 11.6 Å². The summed E-state index contributed by atoms with van der Waals surface area (Å²) in [6.07, 6.45) is 2.71. The predicted molar refractivity (Wildman–Crippen MR) is 204 cm³/mol. The van der Waals surface area contributed by atoms with E-state index in [4.69, 9.17) is 9.98 Å². The van der Waals surface area contributed by atoms with Crippen LogP contribution in [0.15, 0.2) is 106 Å². The summed E-state index contributed by atoms with van der Waals surface area (Å²) in [4.78, 5) is 35.7. The van der Waals surface area contributed by atoms with Crippen molar-refractivity contribution < 1.29 is 53.5 Å². The molecule has 0 saturated heterocycles. The minimum absolute atomic E-state index is 0. The van der Waals surface area contributed by atoms with Gasteiger partial charge in [0.2, 0.25) is 0 Å². The summed E-state index contributed by atoms with van der Waals surface area (Å²) in [7, 11) is 0. The first-order chi connectivity index (χ1) is 25.2. The van der Waals surface area contributed by atoms with Gasteiger partial charge in [0.25, 0.3) is 0 Å². The van der Waals surface area contributed by atoms with Gasteiger partial charge in [0.05, 0.1) is 0 Å². The van der Waals surface area contributed by atoms with Crippen molar-refractivity contribution in [3.63, 3.8) is 0 Å². The zero-order chi connectivity index (χ0) is 41.5. The number of rotatable bonds is 11. The van der Waals surface area contributed by atoms with Crippen LogP contribution in [0.1, 0.15) is 81.6 Å². The number of hydrogen-bond donors (Lipinski definition) is 0. The molecule has 0 fully saturated rings.